The van der Waals surface area contributed by atoms with Crippen molar-refractivity contribution in [2.24, 2.45) is 0 Å². The monoisotopic (exact) mass is 370 g/mol. The van der Waals surface area contributed by atoms with Gasteiger partial charge in [-0.2, -0.15) is 0 Å². The highest BCUT2D eigenvalue weighted by Gasteiger charge is 2.29. The lowest BCUT2D eigenvalue weighted by Gasteiger charge is -2.36. The number of nitrogens with zero attached hydrogens (tertiary/aromatic N) is 1. The van der Waals surface area contributed by atoms with Gasteiger partial charge in [-0.3, -0.25) is 4.90 Å². The summed E-state index contributed by atoms with van der Waals surface area (Å²) in [5.74, 6) is 1.94. The van der Waals surface area contributed by atoms with Crippen LogP contribution in [-0.4, -0.2) is 24.0 Å². The lowest BCUT2D eigenvalue weighted by molar-refractivity contribution is 0.185. The first-order valence-electron chi connectivity index (χ1n) is 10.2. The Labute approximate surface area is 167 Å². The normalized spacial score (nSPS) is 17.6. The molecule has 2 aliphatic heterocycles. The molecule has 1 saturated heterocycles. The van der Waals surface area contributed by atoms with Crippen LogP contribution in [0.2, 0.25) is 0 Å². The summed E-state index contributed by atoms with van der Waals surface area (Å²) in [4.78, 5) is 2.57. The van der Waals surface area contributed by atoms with E-state index in [1.54, 1.807) is 0 Å². The Hall–Kier alpha value is -2.62. The summed E-state index contributed by atoms with van der Waals surface area (Å²) >= 11 is 0. The molecule has 2 heterocycles. The number of hydrogen-bond donors (Lipinski definition) is 1. The van der Waals surface area contributed by atoms with Crippen LogP contribution >= 0.6 is 0 Å². The molecule has 1 fully saturated rings. The van der Waals surface area contributed by atoms with Crippen LogP contribution in [0.15, 0.2) is 78.9 Å². The Morgan fingerprint density at radius 3 is 1.96 bits per heavy atom. The van der Waals surface area contributed by atoms with Crippen LogP contribution in [0.25, 0.3) is 0 Å². The number of piperidine rings is 1. The summed E-state index contributed by atoms with van der Waals surface area (Å²) in [6.45, 7) is 3.33. The van der Waals surface area contributed by atoms with Gasteiger partial charge in [0.1, 0.15) is 11.5 Å². The summed E-state index contributed by atoms with van der Waals surface area (Å²) in [5.41, 5.74) is 3.89. The van der Waals surface area contributed by atoms with Gasteiger partial charge in [-0.05, 0) is 43.6 Å². The van der Waals surface area contributed by atoms with Crippen molar-refractivity contribution < 1.29 is 4.74 Å². The maximum absolute atomic E-state index is 6.13. The maximum Gasteiger partial charge on any atom is 0.132 e. The third-order valence-electron chi connectivity index (χ3n) is 5.92. The molecule has 0 aliphatic carbocycles. The van der Waals surface area contributed by atoms with Crippen LogP contribution in [0.3, 0.4) is 0 Å². The van der Waals surface area contributed by atoms with Gasteiger partial charge in [0.25, 0.3) is 0 Å². The second-order valence-electron chi connectivity index (χ2n) is 7.81. The molecule has 0 bridgehead atoms. The largest absolute Gasteiger partial charge is 0.457 e. The van der Waals surface area contributed by atoms with Gasteiger partial charge >= 0.3 is 0 Å². The first-order chi connectivity index (χ1) is 13.9. The van der Waals surface area contributed by atoms with E-state index < -0.39 is 0 Å². The minimum absolute atomic E-state index is 0.201. The van der Waals surface area contributed by atoms with E-state index in [0.29, 0.717) is 6.04 Å². The van der Waals surface area contributed by atoms with Crippen molar-refractivity contribution in [2.75, 3.05) is 13.1 Å². The molecule has 0 aromatic heterocycles. The summed E-state index contributed by atoms with van der Waals surface area (Å²) < 4.78 is 6.13. The van der Waals surface area contributed by atoms with Crippen LogP contribution in [0.5, 0.6) is 11.5 Å². The zero-order valence-electron chi connectivity index (χ0n) is 16.1. The minimum atomic E-state index is 0.201. The van der Waals surface area contributed by atoms with Crippen molar-refractivity contribution in [3.63, 3.8) is 0 Å². The molecule has 3 aromatic rings. The number of para-hydroxylation sites is 2. The summed E-state index contributed by atoms with van der Waals surface area (Å²) in [6.07, 6.45) is 2.35. The Balaban J connectivity index is 1.28. The van der Waals surface area contributed by atoms with Crippen molar-refractivity contribution in [3.8, 4) is 11.5 Å². The smallest absolute Gasteiger partial charge is 0.132 e. The van der Waals surface area contributed by atoms with Crippen molar-refractivity contribution >= 4 is 0 Å². The highest BCUT2D eigenvalue weighted by atomic mass is 16.5. The van der Waals surface area contributed by atoms with Crippen molar-refractivity contribution in [1.82, 2.24) is 10.2 Å². The molecule has 5 rings (SSSR count). The van der Waals surface area contributed by atoms with Crippen molar-refractivity contribution in [3.05, 3.63) is 95.6 Å². The van der Waals surface area contributed by atoms with Gasteiger partial charge in [0.2, 0.25) is 0 Å². The average molecular weight is 370 g/mol. The third-order valence-corrected chi connectivity index (χ3v) is 5.92. The van der Waals surface area contributed by atoms with Gasteiger partial charge in [0.15, 0.2) is 0 Å². The fourth-order valence-corrected chi connectivity index (χ4v) is 4.42. The van der Waals surface area contributed by atoms with Gasteiger partial charge in [-0.25, -0.2) is 0 Å². The zero-order chi connectivity index (χ0) is 18.8. The SMILES string of the molecule is c1ccc(CN2CCC(NC3c4ccccc4Oc4ccccc43)CC2)cc1. The molecular weight excluding hydrogens is 344 g/mol. The van der Waals surface area contributed by atoms with E-state index in [1.807, 2.05) is 12.1 Å². The van der Waals surface area contributed by atoms with E-state index in [2.05, 4.69) is 76.9 Å². The van der Waals surface area contributed by atoms with E-state index >= 15 is 0 Å². The molecule has 2 aliphatic rings. The fraction of sp³-hybridized carbons (Fsp3) is 0.280. The van der Waals surface area contributed by atoms with E-state index in [0.717, 1.165) is 31.1 Å². The first kappa shape index (κ1) is 17.5. The Bertz CT molecular complexity index is 887. The highest BCUT2D eigenvalue weighted by molar-refractivity contribution is 5.52. The Kier molecular flexibility index (Phi) is 4.86. The lowest BCUT2D eigenvalue weighted by atomic mass is 9.92. The van der Waals surface area contributed by atoms with Gasteiger partial charge in [0.05, 0.1) is 6.04 Å². The van der Waals surface area contributed by atoms with Crippen LogP contribution < -0.4 is 10.1 Å². The third kappa shape index (κ3) is 3.56. The average Bonchev–Trinajstić information content (AvgIpc) is 2.75. The Morgan fingerprint density at radius 2 is 1.32 bits per heavy atom. The molecule has 1 N–H and O–H groups in total. The van der Waals surface area contributed by atoms with E-state index in [1.165, 1.54) is 29.5 Å². The molecule has 0 unspecified atom stereocenters. The van der Waals surface area contributed by atoms with E-state index in [-0.39, 0.29) is 6.04 Å². The second kappa shape index (κ2) is 7.78. The van der Waals surface area contributed by atoms with Crippen LogP contribution in [0, 0.1) is 0 Å². The van der Waals surface area contributed by atoms with Gasteiger partial charge in [-0.1, -0.05) is 66.7 Å². The Morgan fingerprint density at radius 1 is 0.750 bits per heavy atom. The molecule has 0 spiro atoms. The maximum atomic E-state index is 6.13. The van der Waals surface area contributed by atoms with Gasteiger partial charge in [0, 0.05) is 23.7 Å². The molecule has 0 atom stereocenters. The molecule has 0 radical (unpaired) electrons. The van der Waals surface area contributed by atoms with Crippen molar-refractivity contribution in [1.29, 1.82) is 0 Å². The standard InChI is InChI=1S/C25H26N2O/c1-2-8-19(9-3-1)18-27-16-14-20(15-17-27)26-25-21-10-4-6-12-23(21)28-24-13-7-5-11-22(24)25/h1-13,20,25-26H,14-18H2. The van der Waals surface area contributed by atoms with Gasteiger partial charge in [-0.15, -0.1) is 0 Å². The molecule has 3 nitrogen and oxygen atoms in total. The summed E-state index contributed by atoms with van der Waals surface area (Å²) in [6, 6.07) is 28.3. The summed E-state index contributed by atoms with van der Waals surface area (Å²) in [5, 5.41) is 3.95. The molecule has 3 heteroatoms. The van der Waals surface area contributed by atoms with Crippen LogP contribution in [-0.2, 0) is 6.54 Å². The fourth-order valence-electron chi connectivity index (χ4n) is 4.42. The number of rotatable bonds is 4. The number of fused-ring (bicyclic) bond motifs is 2. The molecule has 142 valence electrons. The van der Waals surface area contributed by atoms with Gasteiger partial charge < -0.3 is 10.1 Å². The molecule has 0 saturated carbocycles. The predicted molar refractivity (Wildman–Crippen MR) is 113 cm³/mol. The number of hydrogen-bond acceptors (Lipinski definition) is 3. The minimum Gasteiger partial charge on any atom is -0.457 e. The molecule has 0 amide bonds. The van der Waals surface area contributed by atoms with Crippen LogP contribution in [0.4, 0.5) is 0 Å². The number of benzene rings is 3. The first-order valence-corrected chi connectivity index (χ1v) is 10.2. The quantitative estimate of drug-likeness (QED) is 0.688. The second-order valence-corrected chi connectivity index (χ2v) is 7.81. The van der Waals surface area contributed by atoms with E-state index in [4.69, 9.17) is 4.74 Å². The number of likely N-dealkylation sites (tertiary alicyclic amines) is 1. The lowest BCUT2D eigenvalue weighted by Crippen LogP contribution is -2.44. The summed E-state index contributed by atoms with van der Waals surface area (Å²) in [7, 11) is 0. The highest BCUT2D eigenvalue weighted by Crippen LogP contribution is 2.42. The number of ether oxygens (including phenoxy) is 1. The predicted octanol–water partition coefficient (Wildman–Crippen LogP) is 5.14. The van der Waals surface area contributed by atoms with E-state index in [9.17, 15) is 0 Å². The van der Waals surface area contributed by atoms with Crippen molar-refractivity contribution in [2.45, 2.75) is 31.5 Å². The number of nitrogens with one attached hydrogen (secondary N) is 1. The molecule has 28 heavy (non-hydrogen) atoms. The zero-order valence-corrected chi connectivity index (χ0v) is 16.1. The molecule has 3 aromatic carbocycles. The van der Waals surface area contributed by atoms with Crippen LogP contribution in [0.1, 0.15) is 35.6 Å². The molecular formula is C25H26N2O. The topological polar surface area (TPSA) is 24.5 Å².